The standard InChI is InChI=1S/C23H36N4O3/c1-4-6-13-24-23(30)27-15-14-26(17-18(27)3)22(29)20(25-21(28)10-5-2)16-19-11-8-7-9-12-19/h7-9,11-12,18,20H,4-6,10,13-17H2,1-3H3,(H,24,30)(H,25,28). The van der Waals surface area contributed by atoms with Crippen molar-refractivity contribution in [2.75, 3.05) is 26.2 Å². The predicted octanol–water partition coefficient (Wildman–Crippen LogP) is 2.56. The predicted molar refractivity (Wildman–Crippen MR) is 118 cm³/mol. The van der Waals surface area contributed by atoms with E-state index in [-0.39, 0.29) is 23.9 Å². The first-order valence-electron chi connectivity index (χ1n) is 11.1. The Kier molecular flexibility index (Phi) is 9.64. The second-order valence-electron chi connectivity index (χ2n) is 7.97. The summed E-state index contributed by atoms with van der Waals surface area (Å²) in [5, 5.41) is 5.87. The van der Waals surface area contributed by atoms with E-state index in [0.29, 0.717) is 39.0 Å². The van der Waals surface area contributed by atoms with Crippen molar-refractivity contribution in [3.8, 4) is 0 Å². The fourth-order valence-corrected chi connectivity index (χ4v) is 3.70. The van der Waals surface area contributed by atoms with Gasteiger partial charge in [-0.05, 0) is 25.3 Å². The molecule has 0 spiro atoms. The Labute approximate surface area is 180 Å². The van der Waals surface area contributed by atoms with Gasteiger partial charge in [0, 0.05) is 45.1 Å². The van der Waals surface area contributed by atoms with Crippen LogP contribution in [0.4, 0.5) is 4.79 Å². The SMILES string of the molecule is CCCCNC(=O)N1CCN(C(=O)C(Cc2ccccc2)NC(=O)CCC)CC1C. The number of carbonyl (C=O) groups is 3. The van der Waals surface area contributed by atoms with Gasteiger partial charge >= 0.3 is 6.03 Å². The van der Waals surface area contributed by atoms with E-state index in [1.807, 2.05) is 44.2 Å². The minimum Gasteiger partial charge on any atom is -0.344 e. The number of benzene rings is 1. The lowest BCUT2D eigenvalue weighted by atomic mass is 10.0. The third-order valence-electron chi connectivity index (χ3n) is 5.40. The molecular formula is C23H36N4O3. The molecule has 1 aliphatic heterocycles. The Hall–Kier alpha value is -2.57. The summed E-state index contributed by atoms with van der Waals surface area (Å²) in [5.74, 6) is -0.185. The first-order chi connectivity index (χ1) is 14.5. The number of carbonyl (C=O) groups excluding carboxylic acids is 3. The molecule has 2 atom stereocenters. The number of urea groups is 1. The maximum Gasteiger partial charge on any atom is 0.317 e. The topological polar surface area (TPSA) is 81.8 Å². The van der Waals surface area contributed by atoms with Crippen LogP contribution in [0, 0.1) is 0 Å². The molecule has 0 radical (unpaired) electrons. The van der Waals surface area contributed by atoms with Gasteiger partial charge in [-0.15, -0.1) is 0 Å². The molecule has 7 heteroatoms. The smallest absolute Gasteiger partial charge is 0.317 e. The lowest BCUT2D eigenvalue weighted by Crippen LogP contribution is -2.60. The summed E-state index contributed by atoms with van der Waals surface area (Å²) in [6.07, 6.45) is 3.59. The Morgan fingerprint density at radius 3 is 2.47 bits per heavy atom. The summed E-state index contributed by atoms with van der Waals surface area (Å²) in [7, 11) is 0. The van der Waals surface area contributed by atoms with Crippen LogP contribution >= 0.6 is 0 Å². The fraction of sp³-hybridized carbons (Fsp3) is 0.609. The molecule has 1 aromatic rings. The molecule has 4 amide bonds. The van der Waals surface area contributed by atoms with Crippen LogP contribution in [0.25, 0.3) is 0 Å². The van der Waals surface area contributed by atoms with Crippen molar-refractivity contribution in [1.82, 2.24) is 20.4 Å². The number of amides is 4. The van der Waals surface area contributed by atoms with E-state index in [1.165, 1.54) is 0 Å². The van der Waals surface area contributed by atoms with Crippen LogP contribution in [0.15, 0.2) is 30.3 Å². The highest BCUT2D eigenvalue weighted by atomic mass is 16.2. The molecule has 30 heavy (non-hydrogen) atoms. The molecule has 166 valence electrons. The van der Waals surface area contributed by atoms with E-state index in [4.69, 9.17) is 0 Å². The Balaban J connectivity index is 2.01. The van der Waals surface area contributed by atoms with Gasteiger partial charge in [0.25, 0.3) is 0 Å². The second kappa shape index (κ2) is 12.2. The number of hydrogen-bond donors (Lipinski definition) is 2. The van der Waals surface area contributed by atoms with Crippen molar-refractivity contribution in [2.45, 2.75) is 65.0 Å². The minimum absolute atomic E-state index is 0.0693. The third kappa shape index (κ3) is 7.04. The number of nitrogens with zero attached hydrogens (tertiary/aromatic N) is 2. The molecule has 1 aliphatic rings. The van der Waals surface area contributed by atoms with Crippen molar-refractivity contribution in [3.05, 3.63) is 35.9 Å². The van der Waals surface area contributed by atoms with Crippen LogP contribution in [-0.4, -0.2) is 65.9 Å². The molecular weight excluding hydrogens is 380 g/mol. The van der Waals surface area contributed by atoms with Crippen molar-refractivity contribution < 1.29 is 14.4 Å². The lowest BCUT2D eigenvalue weighted by molar-refractivity contribution is -0.138. The van der Waals surface area contributed by atoms with Crippen LogP contribution in [0.3, 0.4) is 0 Å². The number of piperazine rings is 1. The zero-order chi connectivity index (χ0) is 21.9. The van der Waals surface area contributed by atoms with E-state index < -0.39 is 6.04 Å². The maximum atomic E-state index is 13.3. The maximum absolute atomic E-state index is 13.3. The van der Waals surface area contributed by atoms with Crippen LogP contribution < -0.4 is 10.6 Å². The molecule has 0 aliphatic carbocycles. The summed E-state index contributed by atoms with van der Waals surface area (Å²) >= 11 is 0. The Morgan fingerprint density at radius 2 is 1.83 bits per heavy atom. The molecule has 2 unspecified atom stereocenters. The number of hydrogen-bond acceptors (Lipinski definition) is 3. The lowest BCUT2D eigenvalue weighted by Gasteiger charge is -2.41. The van der Waals surface area contributed by atoms with E-state index in [2.05, 4.69) is 17.6 Å². The van der Waals surface area contributed by atoms with Gasteiger partial charge in [-0.1, -0.05) is 50.6 Å². The van der Waals surface area contributed by atoms with E-state index in [1.54, 1.807) is 9.80 Å². The van der Waals surface area contributed by atoms with Crippen molar-refractivity contribution in [3.63, 3.8) is 0 Å². The zero-order valence-electron chi connectivity index (χ0n) is 18.5. The highest BCUT2D eigenvalue weighted by molar-refractivity contribution is 5.88. The molecule has 0 bridgehead atoms. The largest absolute Gasteiger partial charge is 0.344 e. The summed E-state index contributed by atoms with van der Waals surface area (Å²) in [6, 6.07) is 8.99. The van der Waals surface area contributed by atoms with Gasteiger partial charge in [0.15, 0.2) is 0 Å². The average molecular weight is 417 g/mol. The molecule has 1 aromatic carbocycles. The summed E-state index contributed by atoms with van der Waals surface area (Å²) in [6.45, 7) is 8.09. The Morgan fingerprint density at radius 1 is 1.10 bits per heavy atom. The molecule has 1 saturated heterocycles. The van der Waals surface area contributed by atoms with E-state index in [0.717, 1.165) is 24.8 Å². The third-order valence-corrected chi connectivity index (χ3v) is 5.40. The first kappa shape index (κ1) is 23.7. The average Bonchev–Trinajstić information content (AvgIpc) is 2.73. The molecule has 7 nitrogen and oxygen atoms in total. The van der Waals surface area contributed by atoms with Crippen LogP contribution in [-0.2, 0) is 16.0 Å². The van der Waals surface area contributed by atoms with Gasteiger partial charge in [-0.2, -0.15) is 0 Å². The van der Waals surface area contributed by atoms with Gasteiger partial charge in [-0.25, -0.2) is 4.79 Å². The molecule has 0 saturated carbocycles. The monoisotopic (exact) mass is 416 g/mol. The van der Waals surface area contributed by atoms with Gasteiger partial charge in [-0.3, -0.25) is 9.59 Å². The number of nitrogens with one attached hydrogen (secondary N) is 2. The second-order valence-corrected chi connectivity index (χ2v) is 7.97. The summed E-state index contributed by atoms with van der Waals surface area (Å²) < 4.78 is 0. The van der Waals surface area contributed by atoms with Crippen LogP contribution in [0.5, 0.6) is 0 Å². The van der Waals surface area contributed by atoms with Gasteiger partial charge in [0.2, 0.25) is 11.8 Å². The number of rotatable bonds is 9. The Bertz CT molecular complexity index is 695. The fourth-order valence-electron chi connectivity index (χ4n) is 3.70. The minimum atomic E-state index is -0.594. The summed E-state index contributed by atoms with van der Waals surface area (Å²) in [4.78, 5) is 41.5. The van der Waals surface area contributed by atoms with Crippen LogP contribution in [0.1, 0.15) is 52.0 Å². The molecule has 0 aromatic heterocycles. The number of unbranched alkanes of at least 4 members (excludes halogenated alkanes) is 1. The van der Waals surface area contributed by atoms with Gasteiger partial charge in [0.05, 0.1) is 0 Å². The van der Waals surface area contributed by atoms with Crippen molar-refractivity contribution in [1.29, 1.82) is 0 Å². The van der Waals surface area contributed by atoms with Crippen molar-refractivity contribution >= 4 is 17.8 Å². The molecule has 2 rings (SSSR count). The zero-order valence-corrected chi connectivity index (χ0v) is 18.5. The highest BCUT2D eigenvalue weighted by Gasteiger charge is 2.33. The molecule has 2 N–H and O–H groups in total. The van der Waals surface area contributed by atoms with E-state index >= 15 is 0 Å². The molecule has 1 fully saturated rings. The first-order valence-corrected chi connectivity index (χ1v) is 11.1. The quantitative estimate of drug-likeness (QED) is 0.607. The summed E-state index contributed by atoms with van der Waals surface area (Å²) in [5.41, 5.74) is 1.01. The van der Waals surface area contributed by atoms with E-state index in [9.17, 15) is 14.4 Å². The van der Waals surface area contributed by atoms with Gasteiger partial charge in [0.1, 0.15) is 6.04 Å². The van der Waals surface area contributed by atoms with Crippen LogP contribution in [0.2, 0.25) is 0 Å². The normalized spacial score (nSPS) is 17.4. The van der Waals surface area contributed by atoms with Gasteiger partial charge < -0.3 is 20.4 Å². The molecule has 1 heterocycles. The van der Waals surface area contributed by atoms with Crippen molar-refractivity contribution in [2.24, 2.45) is 0 Å². The highest BCUT2D eigenvalue weighted by Crippen LogP contribution is 2.13.